The second-order valence-electron chi connectivity index (χ2n) is 6.29. The number of carbonyl (C=O) groups is 1. The van der Waals surface area contributed by atoms with Crippen molar-refractivity contribution in [3.8, 4) is 16.9 Å². The minimum atomic E-state index is -0.257. The fraction of sp³-hybridized carbons (Fsp3) is 0.136. The number of ether oxygens (including phenoxy) is 1. The maximum atomic E-state index is 12.1. The minimum absolute atomic E-state index is 0.182. The van der Waals surface area contributed by atoms with Crippen molar-refractivity contribution in [3.63, 3.8) is 0 Å². The third-order valence-electron chi connectivity index (χ3n) is 4.80. The molecule has 4 heteroatoms. The van der Waals surface area contributed by atoms with E-state index in [0.717, 1.165) is 28.1 Å². The Hall–Kier alpha value is -3.27. The lowest BCUT2D eigenvalue weighted by atomic mass is 9.86. The van der Waals surface area contributed by atoms with E-state index < -0.39 is 0 Å². The number of hydrogen-bond acceptors (Lipinski definition) is 4. The second kappa shape index (κ2) is 6.56. The normalized spacial score (nSPS) is 15.1. The summed E-state index contributed by atoms with van der Waals surface area (Å²) in [4.78, 5) is 14.3. The second-order valence-corrected chi connectivity index (χ2v) is 6.29. The van der Waals surface area contributed by atoms with Gasteiger partial charge in [0.15, 0.2) is 0 Å². The van der Waals surface area contributed by atoms with E-state index in [4.69, 9.17) is 4.74 Å². The smallest absolute Gasteiger partial charge is 0.307 e. The summed E-state index contributed by atoms with van der Waals surface area (Å²) in [5, 5.41) is 9.66. The zero-order valence-electron chi connectivity index (χ0n) is 14.4. The molecule has 1 heterocycles. The summed E-state index contributed by atoms with van der Waals surface area (Å²) in [5.41, 5.74) is 5.29. The number of hydrogen-bond donors (Lipinski definition) is 1. The first-order chi connectivity index (χ1) is 12.7. The highest BCUT2D eigenvalue weighted by molar-refractivity contribution is 5.89. The average Bonchev–Trinajstić information content (AvgIpc) is 2.69. The van der Waals surface area contributed by atoms with Crippen LogP contribution in [-0.4, -0.2) is 18.2 Å². The zero-order chi connectivity index (χ0) is 18.1. The van der Waals surface area contributed by atoms with Crippen LogP contribution in [0.4, 0.5) is 11.4 Å². The maximum absolute atomic E-state index is 12.1. The highest BCUT2D eigenvalue weighted by Crippen LogP contribution is 2.49. The van der Waals surface area contributed by atoms with E-state index in [1.165, 1.54) is 7.11 Å². The Morgan fingerprint density at radius 2 is 1.62 bits per heavy atom. The Morgan fingerprint density at radius 3 is 2.35 bits per heavy atom. The Morgan fingerprint density at radius 1 is 0.962 bits per heavy atom. The number of carbonyl (C=O) groups excluding carboxylic acids is 1. The Labute approximate surface area is 152 Å². The Kier molecular flexibility index (Phi) is 4.09. The van der Waals surface area contributed by atoms with E-state index in [1.807, 2.05) is 36.4 Å². The van der Waals surface area contributed by atoms with Crippen LogP contribution in [0.25, 0.3) is 11.1 Å². The molecule has 0 spiro atoms. The van der Waals surface area contributed by atoms with Gasteiger partial charge >= 0.3 is 5.97 Å². The largest absolute Gasteiger partial charge is 0.508 e. The standard InChI is InChI=1S/C22H19NO3/c1-26-22(25)14-21-19-8-3-2-6-17(19)18-7-4-5-9-20(18)23(21)15-10-12-16(24)13-11-15/h2-13,21,24H,14H2,1H3. The van der Waals surface area contributed by atoms with Crippen molar-refractivity contribution < 1.29 is 14.6 Å². The van der Waals surface area contributed by atoms with Gasteiger partial charge in [-0.15, -0.1) is 0 Å². The van der Waals surface area contributed by atoms with Crippen LogP contribution in [0, 0.1) is 0 Å². The van der Waals surface area contributed by atoms with Crippen LogP contribution in [0.1, 0.15) is 18.0 Å². The SMILES string of the molecule is COC(=O)CC1c2ccccc2-c2ccccc2N1c1ccc(O)cc1. The first kappa shape index (κ1) is 16.2. The molecule has 130 valence electrons. The number of para-hydroxylation sites is 1. The molecule has 26 heavy (non-hydrogen) atoms. The van der Waals surface area contributed by atoms with Crippen LogP contribution in [0.5, 0.6) is 5.75 Å². The molecule has 0 radical (unpaired) electrons. The fourth-order valence-corrected chi connectivity index (χ4v) is 3.63. The highest BCUT2D eigenvalue weighted by atomic mass is 16.5. The molecule has 1 unspecified atom stereocenters. The van der Waals surface area contributed by atoms with Crippen molar-refractivity contribution in [1.29, 1.82) is 0 Å². The minimum Gasteiger partial charge on any atom is -0.508 e. The summed E-state index contributed by atoms with van der Waals surface area (Å²) in [7, 11) is 1.41. The Bertz CT molecular complexity index is 950. The predicted octanol–water partition coefficient (Wildman–Crippen LogP) is 4.82. The number of phenols is 1. The maximum Gasteiger partial charge on any atom is 0.307 e. The molecule has 0 amide bonds. The van der Waals surface area contributed by atoms with Gasteiger partial charge in [-0.2, -0.15) is 0 Å². The van der Waals surface area contributed by atoms with Gasteiger partial charge in [0.2, 0.25) is 0 Å². The van der Waals surface area contributed by atoms with Gasteiger partial charge in [0.25, 0.3) is 0 Å². The summed E-state index contributed by atoms with van der Waals surface area (Å²) < 4.78 is 4.95. The van der Waals surface area contributed by atoms with E-state index in [0.29, 0.717) is 0 Å². The van der Waals surface area contributed by atoms with Gasteiger partial charge in [-0.1, -0.05) is 42.5 Å². The lowest BCUT2D eigenvalue weighted by Gasteiger charge is -2.40. The van der Waals surface area contributed by atoms with Crippen molar-refractivity contribution in [2.45, 2.75) is 12.5 Å². The number of phenolic OH excluding ortho intramolecular Hbond substituents is 1. The highest BCUT2D eigenvalue weighted by Gasteiger charge is 2.33. The van der Waals surface area contributed by atoms with Crippen molar-refractivity contribution in [1.82, 2.24) is 0 Å². The van der Waals surface area contributed by atoms with Crippen LogP contribution in [-0.2, 0) is 9.53 Å². The monoisotopic (exact) mass is 345 g/mol. The van der Waals surface area contributed by atoms with E-state index in [-0.39, 0.29) is 24.2 Å². The number of benzene rings is 3. The third kappa shape index (κ3) is 2.69. The summed E-state index contributed by atoms with van der Waals surface area (Å²) in [6, 6.07) is 23.2. The van der Waals surface area contributed by atoms with Gasteiger partial charge in [0.05, 0.1) is 19.6 Å². The molecule has 4 rings (SSSR count). The van der Waals surface area contributed by atoms with Gasteiger partial charge in [-0.25, -0.2) is 0 Å². The number of anilines is 2. The molecule has 1 aliphatic heterocycles. The fourth-order valence-electron chi connectivity index (χ4n) is 3.63. The molecule has 0 bridgehead atoms. The number of rotatable bonds is 3. The van der Waals surface area contributed by atoms with E-state index in [2.05, 4.69) is 29.2 Å². The molecule has 0 aromatic heterocycles. The lowest BCUT2D eigenvalue weighted by molar-refractivity contribution is -0.141. The van der Waals surface area contributed by atoms with Crippen LogP contribution < -0.4 is 4.90 Å². The molecule has 0 saturated heterocycles. The van der Waals surface area contributed by atoms with E-state index in [1.54, 1.807) is 12.1 Å². The number of fused-ring (bicyclic) bond motifs is 3. The first-order valence-electron chi connectivity index (χ1n) is 8.52. The van der Waals surface area contributed by atoms with E-state index >= 15 is 0 Å². The predicted molar refractivity (Wildman–Crippen MR) is 101 cm³/mol. The lowest BCUT2D eigenvalue weighted by Crippen LogP contribution is -2.30. The van der Waals surface area contributed by atoms with Crippen molar-refractivity contribution in [2.24, 2.45) is 0 Å². The molecule has 1 N–H and O–H groups in total. The van der Waals surface area contributed by atoms with E-state index in [9.17, 15) is 9.90 Å². The molecule has 0 saturated carbocycles. The Balaban J connectivity index is 1.94. The molecule has 0 fully saturated rings. The van der Waals surface area contributed by atoms with Gasteiger partial charge < -0.3 is 14.7 Å². The summed E-state index contributed by atoms with van der Waals surface area (Å²) >= 11 is 0. The molecule has 4 nitrogen and oxygen atoms in total. The number of methoxy groups -OCH3 is 1. The third-order valence-corrected chi connectivity index (χ3v) is 4.80. The van der Waals surface area contributed by atoms with Gasteiger partial charge in [-0.05, 0) is 41.5 Å². The molecular weight excluding hydrogens is 326 g/mol. The van der Waals surface area contributed by atoms with Crippen LogP contribution in [0.15, 0.2) is 72.8 Å². The van der Waals surface area contributed by atoms with Gasteiger partial charge in [0, 0.05) is 16.9 Å². The van der Waals surface area contributed by atoms with Crippen LogP contribution in [0.3, 0.4) is 0 Å². The quantitative estimate of drug-likeness (QED) is 0.692. The molecule has 3 aromatic rings. The van der Waals surface area contributed by atoms with Gasteiger partial charge in [-0.3, -0.25) is 4.79 Å². The number of aromatic hydroxyl groups is 1. The van der Waals surface area contributed by atoms with Crippen molar-refractivity contribution >= 4 is 17.3 Å². The summed E-state index contributed by atoms with van der Waals surface area (Å²) in [6.45, 7) is 0. The first-order valence-corrected chi connectivity index (χ1v) is 8.52. The van der Waals surface area contributed by atoms with Gasteiger partial charge in [0.1, 0.15) is 5.75 Å². The summed E-state index contributed by atoms with van der Waals surface area (Å²) in [6.07, 6.45) is 0.239. The topological polar surface area (TPSA) is 49.8 Å². The average molecular weight is 345 g/mol. The molecule has 3 aromatic carbocycles. The van der Waals surface area contributed by atoms with Crippen molar-refractivity contribution in [2.75, 3.05) is 12.0 Å². The molecule has 0 aliphatic carbocycles. The molecule has 1 atom stereocenters. The number of nitrogens with zero attached hydrogens (tertiary/aromatic N) is 1. The molecular formula is C22H19NO3. The van der Waals surface area contributed by atoms with Crippen molar-refractivity contribution in [3.05, 3.63) is 78.4 Å². The number of esters is 1. The van der Waals surface area contributed by atoms with Crippen LogP contribution >= 0.6 is 0 Å². The zero-order valence-corrected chi connectivity index (χ0v) is 14.4. The summed E-state index contributed by atoms with van der Waals surface area (Å²) in [5.74, 6) is -0.0445. The van der Waals surface area contributed by atoms with Crippen LogP contribution in [0.2, 0.25) is 0 Å². The molecule has 1 aliphatic rings.